The minimum atomic E-state index is 0.479. The molecule has 3 aromatic rings. The van der Waals surface area contributed by atoms with Gasteiger partial charge in [-0.1, -0.05) is 12.1 Å². The zero-order chi connectivity index (χ0) is 13.2. The summed E-state index contributed by atoms with van der Waals surface area (Å²) >= 11 is 0. The maximum absolute atomic E-state index is 5.68. The molecule has 0 amide bonds. The Morgan fingerprint density at radius 1 is 1.00 bits per heavy atom. The molecule has 4 heteroatoms. The SMILES string of the molecule is COc1ccc(-c2ccnc3nc(N)ccc23)cc1. The van der Waals surface area contributed by atoms with Crippen molar-refractivity contribution in [2.75, 3.05) is 12.8 Å². The van der Waals surface area contributed by atoms with Crippen LogP contribution in [0.4, 0.5) is 5.82 Å². The molecule has 2 aromatic heterocycles. The Bertz CT molecular complexity index is 723. The Morgan fingerprint density at radius 3 is 2.53 bits per heavy atom. The highest BCUT2D eigenvalue weighted by atomic mass is 16.5. The fourth-order valence-electron chi connectivity index (χ4n) is 2.07. The normalized spacial score (nSPS) is 10.6. The van der Waals surface area contributed by atoms with Gasteiger partial charge < -0.3 is 10.5 Å². The van der Waals surface area contributed by atoms with Crippen LogP contribution >= 0.6 is 0 Å². The summed E-state index contributed by atoms with van der Waals surface area (Å²) in [5, 5.41) is 0.988. The average Bonchev–Trinajstić information content (AvgIpc) is 2.46. The lowest BCUT2D eigenvalue weighted by atomic mass is 10.0. The first-order chi connectivity index (χ1) is 9.28. The van der Waals surface area contributed by atoms with Crippen LogP contribution in [0.2, 0.25) is 0 Å². The fourth-order valence-corrected chi connectivity index (χ4v) is 2.07. The van der Waals surface area contributed by atoms with Crippen LogP contribution in [0.15, 0.2) is 48.7 Å². The summed E-state index contributed by atoms with van der Waals surface area (Å²) in [6, 6.07) is 13.6. The molecule has 0 saturated heterocycles. The van der Waals surface area contributed by atoms with E-state index in [-0.39, 0.29) is 0 Å². The average molecular weight is 251 g/mol. The number of methoxy groups -OCH3 is 1. The van der Waals surface area contributed by atoms with Crippen LogP contribution < -0.4 is 10.5 Å². The van der Waals surface area contributed by atoms with Crippen LogP contribution in [0.25, 0.3) is 22.2 Å². The number of nitrogens with two attached hydrogens (primary N) is 1. The molecule has 0 aliphatic carbocycles. The van der Waals surface area contributed by atoms with E-state index in [4.69, 9.17) is 10.5 Å². The molecule has 1 aromatic carbocycles. The highest BCUT2D eigenvalue weighted by Gasteiger charge is 2.06. The van der Waals surface area contributed by atoms with Crippen molar-refractivity contribution in [2.45, 2.75) is 0 Å². The van der Waals surface area contributed by atoms with Gasteiger partial charge in [0.05, 0.1) is 7.11 Å². The van der Waals surface area contributed by atoms with Crippen molar-refractivity contribution in [3.8, 4) is 16.9 Å². The van der Waals surface area contributed by atoms with Crippen LogP contribution in [0.5, 0.6) is 5.75 Å². The number of fused-ring (bicyclic) bond motifs is 1. The Balaban J connectivity index is 2.18. The van der Waals surface area contributed by atoms with E-state index in [1.54, 1.807) is 19.4 Å². The second-order valence-corrected chi connectivity index (χ2v) is 4.19. The lowest BCUT2D eigenvalue weighted by Crippen LogP contribution is -1.93. The number of nitrogen functional groups attached to an aromatic ring is 1. The number of hydrogen-bond acceptors (Lipinski definition) is 4. The standard InChI is InChI=1S/C15H13N3O/c1-19-11-4-2-10(3-5-11)12-8-9-17-15-13(12)6-7-14(16)18-15/h2-9H,1H3,(H2,16,17,18). The van der Waals surface area contributed by atoms with Crippen molar-refractivity contribution in [1.82, 2.24) is 9.97 Å². The van der Waals surface area contributed by atoms with Gasteiger partial charge in [-0.25, -0.2) is 9.97 Å². The molecule has 0 atom stereocenters. The van der Waals surface area contributed by atoms with Gasteiger partial charge in [-0.2, -0.15) is 0 Å². The van der Waals surface area contributed by atoms with Crippen LogP contribution in [0, 0.1) is 0 Å². The number of aromatic nitrogens is 2. The van der Waals surface area contributed by atoms with Crippen molar-refractivity contribution >= 4 is 16.9 Å². The lowest BCUT2D eigenvalue weighted by molar-refractivity contribution is 0.415. The molecule has 0 bridgehead atoms. The Labute approximate surface area is 110 Å². The second-order valence-electron chi connectivity index (χ2n) is 4.19. The third kappa shape index (κ3) is 2.08. The quantitative estimate of drug-likeness (QED) is 0.760. The van der Waals surface area contributed by atoms with Crippen molar-refractivity contribution in [3.63, 3.8) is 0 Å². The summed E-state index contributed by atoms with van der Waals surface area (Å²) in [6.45, 7) is 0. The van der Waals surface area contributed by atoms with Gasteiger partial charge in [0.15, 0.2) is 5.65 Å². The smallest absolute Gasteiger partial charge is 0.162 e. The summed E-state index contributed by atoms with van der Waals surface area (Å²) < 4.78 is 5.17. The molecule has 0 radical (unpaired) electrons. The molecular formula is C15H13N3O. The number of nitrogens with zero attached hydrogens (tertiary/aromatic N) is 2. The van der Waals surface area contributed by atoms with Gasteiger partial charge in [0.2, 0.25) is 0 Å². The van der Waals surface area contributed by atoms with E-state index in [1.807, 2.05) is 36.4 Å². The van der Waals surface area contributed by atoms with Gasteiger partial charge in [0, 0.05) is 11.6 Å². The van der Waals surface area contributed by atoms with E-state index in [9.17, 15) is 0 Å². The maximum atomic E-state index is 5.68. The van der Waals surface area contributed by atoms with E-state index in [0.29, 0.717) is 11.5 Å². The molecule has 3 rings (SSSR count). The van der Waals surface area contributed by atoms with Crippen LogP contribution in [0.1, 0.15) is 0 Å². The summed E-state index contributed by atoms with van der Waals surface area (Å²) in [7, 11) is 1.66. The Hall–Kier alpha value is -2.62. The molecular weight excluding hydrogens is 238 g/mol. The second kappa shape index (κ2) is 4.57. The maximum Gasteiger partial charge on any atom is 0.162 e. The van der Waals surface area contributed by atoms with Crippen molar-refractivity contribution in [3.05, 3.63) is 48.7 Å². The number of anilines is 1. The summed E-state index contributed by atoms with van der Waals surface area (Å²) in [5.74, 6) is 1.32. The highest BCUT2D eigenvalue weighted by molar-refractivity contribution is 5.93. The van der Waals surface area contributed by atoms with Gasteiger partial charge in [-0.15, -0.1) is 0 Å². The molecule has 0 unspecified atom stereocenters. The molecule has 0 spiro atoms. The predicted molar refractivity (Wildman–Crippen MR) is 75.9 cm³/mol. The van der Waals surface area contributed by atoms with E-state index in [1.165, 1.54) is 0 Å². The van der Waals surface area contributed by atoms with Crippen LogP contribution in [-0.4, -0.2) is 17.1 Å². The van der Waals surface area contributed by atoms with Gasteiger partial charge >= 0.3 is 0 Å². The summed E-state index contributed by atoms with van der Waals surface area (Å²) in [4.78, 5) is 8.48. The molecule has 0 fully saturated rings. The number of hydrogen-bond donors (Lipinski definition) is 1. The number of ether oxygens (including phenoxy) is 1. The number of rotatable bonds is 2. The molecule has 0 saturated carbocycles. The first-order valence-electron chi connectivity index (χ1n) is 5.93. The van der Waals surface area contributed by atoms with Crippen LogP contribution in [-0.2, 0) is 0 Å². The topological polar surface area (TPSA) is 61.0 Å². The predicted octanol–water partition coefficient (Wildman–Crippen LogP) is 2.89. The van der Waals surface area contributed by atoms with E-state index < -0.39 is 0 Å². The Morgan fingerprint density at radius 2 is 1.79 bits per heavy atom. The number of benzene rings is 1. The molecule has 94 valence electrons. The van der Waals surface area contributed by atoms with Crippen molar-refractivity contribution in [2.24, 2.45) is 0 Å². The molecule has 0 aliphatic rings. The summed E-state index contributed by atoms with van der Waals surface area (Å²) in [6.07, 6.45) is 1.74. The molecule has 4 nitrogen and oxygen atoms in total. The van der Waals surface area contributed by atoms with Crippen molar-refractivity contribution < 1.29 is 4.74 Å². The van der Waals surface area contributed by atoms with E-state index in [2.05, 4.69) is 9.97 Å². The zero-order valence-corrected chi connectivity index (χ0v) is 10.5. The first kappa shape index (κ1) is 11.5. The van der Waals surface area contributed by atoms with E-state index >= 15 is 0 Å². The molecule has 19 heavy (non-hydrogen) atoms. The van der Waals surface area contributed by atoms with Gasteiger partial charge in [-0.05, 0) is 41.5 Å². The minimum absolute atomic E-state index is 0.479. The molecule has 2 N–H and O–H groups in total. The highest BCUT2D eigenvalue weighted by Crippen LogP contribution is 2.28. The van der Waals surface area contributed by atoms with Gasteiger partial charge in [-0.3, -0.25) is 0 Å². The van der Waals surface area contributed by atoms with Gasteiger partial charge in [0.1, 0.15) is 11.6 Å². The first-order valence-corrected chi connectivity index (χ1v) is 5.93. The lowest BCUT2D eigenvalue weighted by Gasteiger charge is -2.07. The molecule has 2 heterocycles. The monoisotopic (exact) mass is 251 g/mol. The van der Waals surface area contributed by atoms with Gasteiger partial charge in [0.25, 0.3) is 0 Å². The zero-order valence-electron chi connectivity index (χ0n) is 10.5. The minimum Gasteiger partial charge on any atom is -0.497 e. The molecule has 0 aliphatic heterocycles. The van der Waals surface area contributed by atoms with E-state index in [0.717, 1.165) is 22.3 Å². The van der Waals surface area contributed by atoms with Crippen molar-refractivity contribution in [1.29, 1.82) is 0 Å². The summed E-state index contributed by atoms with van der Waals surface area (Å²) in [5.41, 5.74) is 8.52. The largest absolute Gasteiger partial charge is 0.497 e. The third-order valence-corrected chi connectivity index (χ3v) is 3.03. The van der Waals surface area contributed by atoms with Crippen LogP contribution in [0.3, 0.4) is 0 Å². The fraction of sp³-hybridized carbons (Fsp3) is 0.0667. The Kier molecular flexibility index (Phi) is 2.76. The third-order valence-electron chi connectivity index (χ3n) is 3.03. The number of pyridine rings is 2.